The number of methoxy groups -OCH3 is 1. The Kier molecular flexibility index (Phi) is 3.71. The number of halogens is 4. The molecule has 1 nitrogen and oxygen atoms in total. The van der Waals surface area contributed by atoms with E-state index in [1.807, 2.05) is 0 Å². The summed E-state index contributed by atoms with van der Waals surface area (Å²) in [5.74, 6) is 0.371. The normalized spacial score (nSPS) is 11.4. The van der Waals surface area contributed by atoms with Crippen LogP contribution in [0.3, 0.4) is 0 Å². The van der Waals surface area contributed by atoms with Crippen molar-refractivity contribution >= 4 is 11.6 Å². The summed E-state index contributed by atoms with van der Waals surface area (Å²) >= 11 is 5.86. The van der Waals surface area contributed by atoms with Gasteiger partial charge in [0.05, 0.1) is 12.7 Å². The van der Waals surface area contributed by atoms with Crippen LogP contribution < -0.4 is 4.74 Å². The quantitative estimate of drug-likeness (QED) is 0.752. The molecule has 0 aliphatic carbocycles. The highest BCUT2D eigenvalue weighted by Gasteiger charge is 2.31. The molecule has 0 N–H and O–H groups in total. The lowest BCUT2D eigenvalue weighted by Crippen LogP contribution is -2.05. The summed E-state index contributed by atoms with van der Waals surface area (Å²) in [7, 11) is 1.41. The van der Waals surface area contributed by atoms with Gasteiger partial charge in [0.2, 0.25) is 0 Å². The molecule has 0 aliphatic rings. The number of rotatable bonds is 2. The van der Waals surface area contributed by atoms with Gasteiger partial charge < -0.3 is 4.74 Å². The lowest BCUT2D eigenvalue weighted by Gasteiger charge is -2.13. The minimum atomic E-state index is -4.39. The topological polar surface area (TPSA) is 9.23 Å². The molecule has 0 saturated heterocycles. The molecule has 19 heavy (non-hydrogen) atoms. The van der Waals surface area contributed by atoms with Gasteiger partial charge in [0.15, 0.2) is 0 Å². The Morgan fingerprint density at radius 1 is 1.05 bits per heavy atom. The molecule has 2 rings (SSSR count). The van der Waals surface area contributed by atoms with E-state index < -0.39 is 11.7 Å². The van der Waals surface area contributed by atoms with Crippen LogP contribution in [0, 0.1) is 0 Å². The van der Waals surface area contributed by atoms with Crippen molar-refractivity contribution in [2.75, 3.05) is 7.11 Å². The number of hydrogen-bond donors (Lipinski definition) is 0. The predicted octanol–water partition coefficient (Wildman–Crippen LogP) is 5.03. The van der Waals surface area contributed by atoms with Crippen LogP contribution in [0.4, 0.5) is 13.2 Å². The van der Waals surface area contributed by atoms with Crippen molar-refractivity contribution in [2.45, 2.75) is 6.18 Å². The molecule has 0 bridgehead atoms. The summed E-state index contributed by atoms with van der Waals surface area (Å²) in [5, 5.41) is 0.456. The van der Waals surface area contributed by atoms with Crippen molar-refractivity contribution in [3.8, 4) is 16.9 Å². The second kappa shape index (κ2) is 5.13. The van der Waals surface area contributed by atoms with Crippen LogP contribution in [0.15, 0.2) is 42.5 Å². The highest BCUT2D eigenvalue weighted by atomic mass is 35.5. The molecule has 2 aromatic rings. The van der Waals surface area contributed by atoms with Gasteiger partial charge in [-0.1, -0.05) is 23.7 Å². The van der Waals surface area contributed by atoms with E-state index >= 15 is 0 Å². The van der Waals surface area contributed by atoms with E-state index in [1.165, 1.54) is 13.2 Å². The molecule has 0 aromatic heterocycles. The van der Waals surface area contributed by atoms with Gasteiger partial charge in [0.1, 0.15) is 5.75 Å². The first-order valence-corrected chi connectivity index (χ1v) is 5.81. The average Bonchev–Trinajstić information content (AvgIpc) is 2.37. The van der Waals surface area contributed by atoms with Crippen LogP contribution in [0.5, 0.6) is 5.75 Å². The third-order valence-corrected chi connectivity index (χ3v) is 2.90. The van der Waals surface area contributed by atoms with E-state index in [2.05, 4.69) is 0 Å². The van der Waals surface area contributed by atoms with Gasteiger partial charge in [-0.25, -0.2) is 0 Å². The molecule has 5 heteroatoms. The van der Waals surface area contributed by atoms with Crippen molar-refractivity contribution < 1.29 is 17.9 Å². The molecule has 0 heterocycles. The lowest BCUT2D eigenvalue weighted by molar-refractivity contribution is -0.137. The smallest absolute Gasteiger partial charge is 0.416 e. The second-order valence-corrected chi connectivity index (χ2v) is 4.36. The van der Waals surface area contributed by atoms with Crippen LogP contribution in [0.2, 0.25) is 5.02 Å². The molecule has 0 aliphatic heterocycles. The molecule has 2 aromatic carbocycles. The van der Waals surface area contributed by atoms with E-state index in [9.17, 15) is 13.2 Å². The summed E-state index contributed by atoms with van der Waals surface area (Å²) in [6.07, 6.45) is -4.39. The SMILES string of the molecule is COc1ccc(C(F)(F)F)cc1-c1cccc(Cl)c1. The maximum Gasteiger partial charge on any atom is 0.416 e. The molecule has 100 valence electrons. The van der Waals surface area contributed by atoms with E-state index in [4.69, 9.17) is 16.3 Å². The highest BCUT2D eigenvalue weighted by Crippen LogP contribution is 2.37. The minimum Gasteiger partial charge on any atom is -0.496 e. The van der Waals surface area contributed by atoms with Gasteiger partial charge >= 0.3 is 6.18 Å². The Hall–Kier alpha value is -1.68. The summed E-state index contributed by atoms with van der Waals surface area (Å²) in [6, 6.07) is 9.97. The molecule has 0 amide bonds. The van der Waals surface area contributed by atoms with Gasteiger partial charge in [-0.05, 0) is 35.9 Å². The fraction of sp³-hybridized carbons (Fsp3) is 0.143. The zero-order chi connectivity index (χ0) is 14.0. The maximum atomic E-state index is 12.7. The van der Waals surface area contributed by atoms with Gasteiger partial charge in [-0.3, -0.25) is 0 Å². The Bertz CT molecular complexity index is 593. The average molecular weight is 287 g/mol. The number of benzene rings is 2. The molecule has 0 spiro atoms. The molecule has 0 unspecified atom stereocenters. The van der Waals surface area contributed by atoms with Gasteiger partial charge in [0, 0.05) is 10.6 Å². The largest absolute Gasteiger partial charge is 0.496 e. The monoisotopic (exact) mass is 286 g/mol. The standard InChI is InChI=1S/C14H10ClF3O/c1-19-13-6-5-10(14(16,17)18)8-12(13)9-3-2-4-11(15)7-9/h2-8H,1H3. The summed E-state index contributed by atoms with van der Waals surface area (Å²) in [6.45, 7) is 0. The van der Waals surface area contributed by atoms with E-state index in [0.29, 0.717) is 21.9 Å². The van der Waals surface area contributed by atoms with Crippen molar-refractivity contribution in [2.24, 2.45) is 0 Å². The Balaban J connectivity index is 2.60. The maximum absolute atomic E-state index is 12.7. The summed E-state index contributed by atoms with van der Waals surface area (Å²) in [5.41, 5.74) is 0.221. The van der Waals surface area contributed by atoms with E-state index in [-0.39, 0.29) is 0 Å². The van der Waals surface area contributed by atoms with Crippen LogP contribution in [-0.2, 0) is 6.18 Å². The van der Waals surface area contributed by atoms with E-state index in [0.717, 1.165) is 12.1 Å². The van der Waals surface area contributed by atoms with E-state index in [1.54, 1.807) is 24.3 Å². The van der Waals surface area contributed by atoms with Crippen molar-refractivity contribution in [1.29, 1.82) is 0 Å². The zero-order valence-corrected chi connectivity index (χ0v) is 10.7. The molecule has 0 radical (unpaired) electrons. The van der Waals surface area contributed by atoms with Gasteiger partial charge in [-0.15, -0.1) is 0 Å². The first kappa shape index (κ1) is 13.7. The van der Waals surface area contributed by atoms with Crippen LogP contribution in [0.25, 0.3) is 11.1 Å². The third kappa shape index (κ3) is 3.01. The Labute approximate surface area is 113 Å². The summed E-state index contributed by atoms with van der Waals surface area (Å²) in [4.78, 5) is 0. The highest BCUT2D eigenvalue weighted by molar-refractivity contribution is 6.30. The molecule has 0 atom stereocenters. The number of ether oxygens (including phenoxy) is 1. The minimum absolute atomic E-state index is 0.361. The first-order valence-electron chi connectivity index (χ1n) is 5.43. The van der Waals surface area contributed by atoms with Gasteiger partial charge in [0.25, 0.3) is 0 Å². The third-order valence-electron chi connectivity index (χ3n) is 2.66. The Morgan fingerprint density at radius 2 is 1.79 bits per heavy atom. The van der Waals surface area contributed by atoms with Gasteiger partial charge in [-0.2, -0.15) is 13.2 Å². The molecular formula is C14H10ClF3O. The molecule has 0 fully saturated rings. The van der Waals surface area contributed by atoms with Crippen LogP contribution >= 0.6 is 11.6 Å². The molecular weight excluding hydrogens is 277 g/mol. The number of hydrogen-bond acceptors (Lipinski definition) is 1. The first-order chi connectivity index (χ1) is 8.91. The Morgan fingerprint density at radius 3 is 2.37 bits per heavy atom. The predicted molar refractivity (Wildman–Crippen MR) is 68.4 cm³/mol. The van der Waals surface area contributed by atoms with Crippen LogP contribution in [-0.4, -0.2) is 7.11 Å². The molecule has 0 saturated carbocycles. The van der Waals surface area contributed by atoms with Crippen LogP contribution in [0.1, 0.15) is 5.56 Å². The van der Waals surface area contributed by atoms with Crippen molar-refractivity contribution in [3.05, 3.63) is 53.1 Å². The zero-order valence-electron chi connectivity index (χ0n) is 9.96. The summed E-state index contributed by atoms with van der Waals surface area (Å²) < 4.78 is 43.3. The van der Waals surface area contributed by atoms with Crippen molar-refractivity contribution in [1.82, 2.24) is 0 Å². The fourth-order valence-corrected chi connectivity index (χ4v) is 1.96. The number of alkyl halides is 3. The lowest BCUT2D eigenvalue weighted by atomic mass is 10.0. The second-order valence-electron chi connectivity index (χ2n) is 3.92. The fourth-order valence-electron chi connectivity index (χ4n) is 1.77. The van der Waals surface area contributed by atoms with Crippen molar-refractivity contribution in [3.63, 3.8) is 0 Å².